The normalized spacial score (nSPS) is 19.8. The first-order chi connectivity index (χ1) is 14.7. The van der Waals surface area contributed by atoms with Crippen LogP contribution in [0, 0.1) is 0 Å². The van der Waals surface area contributed by atoms with Crippen molar-refractivity contribution in [1.29, 1.82) is 0 Å². The number of hydrogen-bond acceptors (Lipinski definition) is 8. The third kappa shape index (κ3) is 4.98. The van der Waals surface area contributed by atoms with Gasteiger partial charge in [0, 0.05) is 25.3 Å². The zero-order chi connectivity index (χ0) is 20.8. The topological polar surface area (TPSA) is 102 Å². The summed E-state index contributed by atoms with van der Waals surface area (Å²) in [6.07, 6.45) is 5.20. The molecule has 1 atom stereocenters. The number of anilines is 2. The van der Waals surface area contributed by atoms with Crippen LogP contribution < -0.4 is 10.6 Å². The van der Waals surface area contributed by atoms with Gasteiger partial charge >= 0.3 is 0 Å². The van der Waals surface area contributed by atoms with Crippen molar-refractivity contribution in [2.75, 3.05) is 17.7 Å². The van der Waals surface area contributed by atoms with E-state index in [1.54, 1.807) is 6.20 Å². The van der Waals surface area contributed by atoms with Crippen molar-refractivity contribution in [1.82, 2.24) is 20.4 Å². The van der Waals surface area contributed by atoms with Crippen molar-refractivity contribution < 1.29 is 9.53 Å². The lowest BCUT2D eigenvalue weighted by Gasteiger charge is -2.28. The summed E-state index contributed by atoms with van der Waals surface area (Å²) in [5.41, 5.74) is 1.86. The average molecular weight is 425 g/mol. The molecule has 2 heterocycles. The molecule has 1 aromatic carbocycles. The molecule has 0 saturated heterocycles. The fourth-order valence-corrected chi connectivity index (χ4v) is 4.49. The number of benzene rings is 1. The van der Waals surface area contributed by atoms with E-state index in [4.69, 9.17) is 4.74 Å². The van der Waals surface area contributed by atoms with Gasteiger partial charge in [-0.25, -0.2) is 0 Å². The number of nitrogens with zero attached hydrogens (tertiary/aromatic N) is 4. The van der Waals surface area contributed by atoms with E-state index in [-0.39, 0.29) is 5.91 Å². The fraction of sp³-hybridized carbons (Fsp3) is 0.381. The second-order valence-electron chi connectivity index (χ2n) is 7.27. The van der Waals surface area contributed by atoms with Crippen LogP contribution in [-0.2, 0) is 9.53 Å². The maximum Gasteiger partial charge on any atom is 0.259 e. The van der Waals surface area contributed by atoms with Crippen molar-refractivity contribution in [3.05, 3.63) is 59.9 Å². The Morgan fingerprint density at radius 3 is 2.50 bits per heavy atom. The largest absolute Gasteiger partial charge is 0.367 e. The van der Waals surface area contributed by atoms with Gasteiger partial charge in [0.05, 0.1) is 5.69 Å². The summed E-state index contributed by atoms with van der Waals surface area (Å²) >= 11 is 1.33. The molecule has 0 bridgehead atoms. The predicted molar refractivity (Wildman–Crippen MR) is 115 cm³/mol. The van der Waals surface area contributed by atoms with Crippen molar-refractivity contribution in [3.63, 3.8) is 0 Å². The molecule has 0 spiro atoms. The lowest BCUT2D eigenvalue weighted by molar-refractivity contribution is -0.126. The number of rotatable bonds is 7. The van der Waals surface area contributed by atoms with Gasteiger partial charge in [-0.15, -0.1) is 10.2 Å². The minimum atomic E-state index is -0.692. The number of ether oxygens (including phenoxy) is 1. The number of hydrogen-bond donors (Lipinski definition) is 2. The number of nitrogens with one attached hydrogen (secondary N) is 2. The molecule has 1 fully saturated rings. The smallest absolute Gasteiger partial charge is 0.259 e. The van der Waals surface area contributed by atoms with Crippen molar-refractivity contribution in [2.24, 2.45) is 0 Å². The summed E-state index contributed by atoms with van der Waals surface area (Å²) in [6, 6.07) is 13.7. The maximum absolute atomic E-state index is 12.6. The maximum atomic E-state index is 12.6. The molecule has 1 amide bonds. The van der Waals surface area contributed by atoms with E-state index < -0.39 is 6.10 Å². The van der Waals surface area contributed by atoms with Gasteiger partial charge < -0.3 is 10.1 Å². The van der Waals surface area contributed by atoms with E-state index in [9.17, 15) is 4.79 Å². The minimum Gasteiger partial charge on any atom is -0.367 e. The molecule has 30 heavy (non-hydrogen) atoms. The Labute approximate surface area is 179 Å². The number of carbonyl (C=O) groups is 1. The zero-order valence-electron chi connectivity index (χ0n) is 16.7. The molecule has 1 aliphatic carbocycles. The first kappa shape index (κ1) is 20.4. The quantitative estimate of drug-likeness (QED) is 0.595. The molecule has 0 unspecified atom stereocenters. The van der Waals surface area contributed by atoms with Crippen LogP contribution in [0.5, 0.6) is 0 Å². The second-order valence-corrected chi connectivity index (χ2v) is 8.25. The minimum absolute atomic E-state index is 0.268. The summed E-state index contributed by atoms with van der Waals surface area (Å²) in [5, 5.41) is 23.9. The molecule has 2 aromatic heterocycles. The van der Waals surface area contributed by atoms with Crippen LogP contribution in [0.4, 0.5) is 10.3 Å². The van der Waals surface area contributed by atoms with Crippen molar-refractivity contribution >= 4 is 27.5 Å². The van der Waals surface area contributed by atoms with E-state index in [0.717, 1.165) is 36.9 Å². The predicted octanol–water partition coefficient (Wildman–Crippen LogP) is 3.79. The van der Waals surface area contributed by atoms with Gasteiger partial charge in [0.25, 0.3) is 5.91 Å². The molecule has 0 radical (unpaired) electrons. The van der Waals surface area contributed by atoms with Gasteiger partial charge in [0.15, 0.2) is 6.10 Å². The van der Waals surface area contributed by atoms with Crippen LogP contribution in [0.2, 0.25) is 0 Å². The molecule has 4 rings (SSSR count). The molecule has 1 saturated carbocycles. The van der Waals surface area contributed by atoms with Crippen LogP contribution in [0.25, 0.3) is 0 Å². The third-order valence-electron chi connectivity index (χ3n) is 5.30. The Balaban J connectivity index is 1.30. The summed E-state index contributed by atoms with van der Waals surface area (Å²) in [7, 11) is 1.52. The lowest BCUT2D eigenvalue weighted by Crippen LogP contribution is -2.25. The molecule has 9 heteroatoms. The molecule has 8 nitrogen and oxygen atoms in total. The van der Waals surface area contributed by atoms with Crippen LogP contribution in [0.3, 0.4) is 0 Å². The summed E-state index contributed by atoms with van der Waals surface area (Å²) in [6.45, 7) is 0. The monoisotopic (exact) mass is 424 g/mol. The SMILES string of the molecule is CO[C@@H](C(=O)Nc1nnc(N[C@H]2CC[C@H](c3cccnn3)CC2)s1)c1ccccc1. The molecule has 3 aromatic rings. The van der Waals surface area contributed by atoms with Crippen LogP contribution >= 0.6 is 11.3 Å². The Kier molecular flexibility index (Phi) is 6.60. The van der Waals surface area contributed by atoms with E-state index in [1.165, 1.54) is 18.4 Å². The standard InChI is InChI=1S/C21H24N6O2S/c1-29-18(15-6-3-2-4-7-15)19(28)24-21-27-26-20(30-21)23-16-11-9-14(10-12-16)17-8-5-13-22-25-17/h2-8,13-14,16,18H,9-12H2,1H3,(H,23,26)(H,24,27,28)/t14-,16-,18-/m1/s1. The van der Waals surface area contributed by atoms with Crippen molar-refractivity contribution in [3.8, 4) is 0 Å². The van der Waals surface area contributed by atoms with Gasteiger partial charge in [-0.05, 0) is 43.4 Å². The van der Waals surface area contributed by atoms with Crippen LogP contribution in [-0.4, -0.2) is 39.5 Å². The van der Waals surface area contributed by atoms with Gasteiger partial charge in [-0.1, -0.05) is 41.7 Å². The number of aromatic nitrogens is 4. The zero-order valence-corrected chi connectivity index (χ0v) is 17.5. The molecular weight excluding hydrogens is 400 g/mol. The number of carbonyl (C=O) groups excluding carboxylic acids is 1. The Hall–Kier alpha value is -2.91. The van der Waals surface area contributed by atoms with Gasteiger partial charge in [-0.2, -0.15) is 10.2 Å². The average Bonchev–Trinajstić information content (AvgIpc) is 3.23. The van der Waals surface area contributed by atoms with E-state index in [0.29, 0.717) is 22.2 Å². The van der Waals surface area contributed by atoms with E-state index in [1.807, 2.05) is 42.5 Å². The summed E-state index contributed by atoms with van der Waals surface area (Å²) in [5.74, 6) is 0.195. The number of amides is 1. The highest BCUT2D eigenvalue weighted by molar-refractivity contribution is 7.19. The van der Waals surface area contributed by atoms with Crippen LogP contribution in [0.15, 0.2) is 48.7 Å². The lowest BCUT2D eigenvalue weighted by atomic mass is 9.84. The summed E-state index contributed by atoms with van der Waals surface area (Å²) in [4.78, 5) is 12.6. The molecular formula is C21H24N6O2S. The van der Waals surface area contributed by atoms with Crippen molar-refractivity contribution in [2.45, 2.75) is 43.7 Å². The molecule has 0 aliphatic heterocycles. The Bertz CT molecular complexity index is 944. The molecule has 1 aliphatic rings. The van der Waals surface area contributed by atoms with Gasteiger partial charge in [0.2, 0.25) is 10.3 Å². The van der Waals surface area contributed by atoms with E-state index >= 15 is 0 Å². The third-order valence-corrected chi connectivity index (χ3v) is 6.07. The van der Waals surface area contributed by atoms with Crippen LogP contribution in [0.1, 0.15) is 49.0 Å². The highest BCUT2D eigenvalue weighted by Crippen LogP contribution is 2.33. The summed E-state index contributed by atoms with van der Waals surface area (Å²) < 4.78 is 5.36. The number of methoxy groups -OCH3 is 1. The Morgan fingerprint density at radius 2 is 1.80 bits per heavy atom. The molecule has 156 valence electrons. The molecule has 2 N–H and O–H groups in total. The van der Waals surface area contributed by atoms with Gasteiger partial charge in [-0.3, -0.25) is 10.1 Å². The Morgan fingerprint density at radius 1 is 1.03 bits per heavy atom. The van der Waals surface area contributed by atoms with Gasteiger partial charge in [0.1, 0.15) is 0 Å². The van der Waals surface area contributed by atoms with E-state index in [2.05, 4.69) is 31.0 Å². The first-order valence-electron chi connectivity index (χ1n) is 9.99. The fourth-order valence-electron chi connectivity index (χ4n) is 3.76. The highest BCUT2D eigenvalue weighted by Gasteiger charge is 2.25. The highest BCUT2D eigenvalue weighted by atomic mass is 32.1. The first-order valence-corrected chi connectivity index (χ1v) is 10.8. The second kappa shape index (κ2) is 9.73.